The molecule has 2 rings (SSSR count). The van der Waals surface area contributed by atoms with E-state index >= 15 is 0 Å². The largest absolute Gasteiger partial charge is 0.496 e. The first kappa shape index (κ1) is 16.4. The van der Waals surface area contributed by atoms with Gasteiger partial charge < -0.3 is 4.74 Å². The molecule has 1 nitrogen and oxygen atoms in total. The Bertz CT molecular complexity index is 632. The maximum atomic E-state index is 13.3. The average Bonchev–Trinajstić information content (AvgIpc) is 2.51. The number of benzene rings is 2. The van der Waals surface area contributed by atoms with E-state index < -0.39 is 11.7 Å². The van der Waals surface area contributed by atoms with Crippen LogP contribution in [0.25, 0.3) is 11.1 Å². The van der Waals surface area contributed by atoms with E-state index in [0.29, 0.717) is 11.3 Å². The highest BCUT2D eigenvalue weighted by Gasteiger charge is 2.34. The van der Waals surface area contributed by atoms with Crippen LogP contribution in [0.1, 0.15) is 30.9 Å². The zero-order valence-corrected chi connectivity index (χ0v) is 12.7. The third-order valence-electron chi connectivity index (χ3n) is 3.63. The number of hydrogen-bond donors (Lipinski definition) is 0. The molecule has 118 valence electrons. The molecule has 0 saturated carbocycles. The van der Waals surface area contributed by atoms with Crippen LogP contribution in [0.15, 0.2) is 42.5 Å². The van der Waals surface area contributed by atoms with Crippen LogP contribution in [0.2, 0.25) is 0 Å². The second kappa shape index (κ2) is 6.86. The Hall–Kier alpha value is -1.97. The number of halogens is 3. The predicted octanol–water partition coefficient (Wildman–Crippen LogP) is 5.72. The van der Waals surface area contributed by atoms with E-state index in [4.69, 9.17) is 4.74 Å². The van der Waals surface area contributed by atoms with Gasteiger partial charge in [0.05, 0.1) is 12.7 Å². The Balaban J connectivity index is 2.66. The van der Waals surface area contributed by atoms with Crippen LogP contribution in [-0.4, -0.2) is 7.11 Å². The van der Waals surface area contributed by atoms with E-state index in [1.807, 2.05) is 12.1 Å². The van der Waals surface area contributed by atoms with Crippen LogP contribution in [0.3, 0.4) is 0 Å². The van der Waals surface area contributed by atoms with Crippen molar-refractivity contribution in [3.05, 3.63) is 53.6 Å². The topological polar surface area (TPSA) is 9.23 Å². The summed E-state index contributed by atoms with van der Waals surface area (Å²) in [5, 5.41) is 0. The van der Waals surface area contributed by atoms with Crippen LogP contribution in [0.4, 0.5) is 13.2 Å². The van der Waals surface area contributed by atoms with Crippen molar-refractivity contribution < 1.29 is 17.9 Å². The van der Waals surface area contributed by atoms with E-state index in [2.05, 4.69) is 6.92 Å². The van der Waals surface area contributed by atoms with Gasteiger partial charge in [0.1, 0.15) is 5.75 Å². The summed E-state index contributed by atoms with van der Waals surface area (Å²) >= 11 is 0. The SMILES string of the molecule is CCCCc1cccc(OC)c1-c1ccccc1C(F)(F)F. The fraction of sp³-hybridized carbons (Fsp3) is 0.333. The third-order valence-corrected chi connectivity index (χ3v) is 3.63. The molecule has 22 heavy (non-hydrogen) atoms. The maximum absolute atomic E-state index is 13.3. The lowest BCUT2D eigenvalue weighted by Crippen LogP contribution is -2.08. The lowest BCUT2D eigenvalue weighted by Gasteiger charge is -2.18. The van der Waals surface area contributed by atoms with Crippen LogP contribution < -0.4 is 4.74 Å². The summed E-state index contributed by atoms with van der Waals surface area (Å²) < 4.78 is 45.3. The molecule has 2 aromatic carbocycles. The maximum Gasteiger partial charge on any atom is 0.417 e. The molecule has 0 atom stereocenters. The number of hydrogen-bond acceptors (Lipinski definition) is 1. The van der Waals surface area contributed by atoms with Crippen LogP contribution in [-0.2, 0) is 12.6 Å². The normalized spacial score (nSPS) is 11.5. The molecule has 0 bridgehead atoms. The average molecular weight is 308 g/mol. The van der Waals surface area contributed by atoms with Gasteiger partial charge in [-0.15, -0.1) is 0 Å². The van der Waals surface area contributed by atoms with E-state index in [1.54, 1.807) is 12.1 Å². The zero-order valence-electron chi connectivity index (χ0n) is 12.7. The van der Waals surface area contributed by atoms with Crippen LogP contribution >= 0.6 is 0 Å². The minimum Gasteiger partial charge on any atom is -0.496 e. The van der Waals surface area contributed by atoms with Crippen LogP contribution in [0.5, 0.6) is 5.75 Å². The predicted molar refractivity (Wildman–Crippen MR) is 82.0 cm³/mol. The molecule has 0 aromatic heterocycles. The molecule has 0 unspecified atom stereocenters. The van der Waals surface area contributed by atoms with Gasteiger partial charge in [-0.05, 0) is 36.1 Å². The first-order valence-electron chi connectivity index (χ1n) is 7.31. The van der Waals surface area contributed by atoms with Gasteiger partial charge in [-0.25, -0.2) is 0 Å². The van der Waals surface area contributed by atoms with E-state index in [1.165, 1.54) is 19.2 Å². The Morgan fingerprint density at radius 3 is 2.36 bits per heavy atom. The lowest BCUT2D eigenvalue weighted by molar-refractivity contribution is -0.137. The molecule has 0 aliphatic heterocycles. The summed E-state index contributed by atoms with van der Waals surface area (Å²) in [5.74, 6) is 0.477. The Morgan fingerprint density at radius 1 is 1.00 bits per heavy atom. The highest BCUT2D eigenvalue weighted by Crippen LogP contribution is 2.42. The number of rotatable bonds is 5. The summed E-state index contributed by atoms with van der Waals surface area (Å²) in [6, 6.07) is 11.1. The van der Waals surface area contributed by atoms with Crippen molar-refractivity contribution in [1.29, 1.82) is 0 Å². The van der Waals surface area contributed by atoms with Crippen molar-refractivity contribution in [2.75, 3.05) is 7.11 Å². The highest BCUT2D eigenvalue weighted by atomic mass is 19.4. The molecular weight excluding hydrogens is 289 g/mol. The first-order valence-corrected chi connectivity index (χ1v) is 7.31. The van der Waals surface area contributed by atoms with Crippen molar-refractivity contribution in [2.24, 2.45) is 0 Å². The Morgan fingerprint density at radius 2 is 1.73 bits per heavy atom. The number of ether oxygens (including phenoxy) is 1. The summed E-state index contributed by atoms with van der Waals surface area (Å²) in [6.07, 6.45) is -1.75. The molecule has 0 aliphatic rings. The second-order valence-corrected chi connectivity index (χ2v) is 5.14. The molecule has 0 radical (unpaired) electrons. The quantitative estimate of drug-likeness (QED) is 0.686. The second-order valence-electron chi connectivity index (χ2n) is 5.14. The molecule has 0 spiro atoms. The van der Waals surface area contributed by atoms with E-state index in [0.717, 1.165) is 30.9 Å². The molecule has 2 aromatic rings. The van der Waals surface area contributed by atoms with Gasteiger partial charge in [-0.3, -0.25) is 0 Å². The minimum absolute atomic E-state index is 0.179. The fourth-order valence-electron chi connectivity index (χ4n) is 2.58. The van der Waals surface area contributed by atoms with Gasteiger partial charge in [0, 0.05) is 5.56 Å². The summed E-state index contributed by atoms with van der Waals surface area (Å²) in [4.78, 5) is 0. The highest BCUT2D eigenvalue weighted by molar-refractivity contribution is 5.77. The number of unbranched alkanes of at least 4 members (excludes halogenated alkanes) is 1. The third kappa shape index (κ3) is 3.43. The zero-order chi connectivity index (χ0) is 16.2. The molecule has 0 heterocycles. The fourth-order valence-corrected chi connectivity index (χ4v) is 2.58. The van der Waals surface area contributed by atoms with Gasteiger partial charge in [-0.1, -0.05) is 43.7 Å². The molecule has 4 heteroatoms. The van der Waals surface area contributed by atoms with Gasteiger partial charge in [0.25, 0.3) is 0 Å². The van der Waals surface area contributed by atoms with Crippen molar-refractivity contribution in [1.82, 2.24) is 0 Å². The van der Waals surface area contributed by atoms with Gasteiger partial charge in [0.15, 0.2) is 0 Å². The number of alkyl halides is 3. The van der Waals surface area contributed by atoms with Crippen molar-refractivity contribution in [3.63, 3.8) is 0 Å². The van der Waals surface area contributed by atoms with Gasteiger partial charge in [-0.2, -0.15) is 13.2 Å². The Kier molecular flexibility index (Phi) is 5.11. The number of aryl methyl sites for hydroxylation is 1. The van der Waals surface area contributed by atoms with Gasteiger partial charge >= 0.3 is 6.18 Å². The molecule has 0 saturated heterocycles. The smallest absolute Gasteiger partial charge is 0.417 e. The minimum atomic E-state index is -4.39. The van der Waals surface area contributed by atoms with E-state index in [-0.39, 0.29) is 5.56 Å². The molecule has 0 aliphatic carbocycles. The molecular formula is C18H19F3O. The summed E-state index contributed by atoms with van der Waals surface area (Å²) in [5.41, 5.74) is 0.986. The first-order chi connectivity index (χ1) is 10.5. The van der Waals surface area contributed by atoms with E-state index in [9.17, 15) is 13.2 Å². The summed E-state index contributed by atoms with van der Waals surface area (Å²) in [6.45, 7) is 2.06. The van der Waals surface area contributed by atoms with Crippen molar-refractivity contribution in [2.45, 2.75) is 32.4 Å². The van der Waals surface area contributed by atoms with Crippen molar-refractivity contribution >= 4 is 0 Å². The number of methoxy groups -OCH3 is 1. The van der Waals surface area contributed by atoms with Crippen LogP contribution in [0, 0.1) is 0 Å². The van der Waals surface area contributed by atoms with Crippen molar-refractivity contribution in [3.8, 4) is 16.9 Å². The summed E-state index contributed by atoms with van der Waals surface area (Å²) in [7, 11) is 1.48. The molecule has 0 amide bonds. The Labute approximate surface area is 128 Å². The standard InChI is InChI=1S/C18H19F3O/c1-3-4-8-13-9-7-12-16(22-2)17(13)14-10-5-6-11-15(14)18(19,20)21/h5-7,9-12H,3-4,8H2,1-2H3. The van der Waals surface area contributed by atoms with Gasteiger partial charge in [0.2, 0.25) is 0 Å². The monoisotopic (exact) mass is 308 g/mol. The lowest BCUT2D eigenvalue weighted by atomic mass is 9.92. The molecule has 0 N–H and O–H groups in total. The molecule has 0 fully saturated rings.